The number of hydrogen-bond acceptors (Lipinski definition) is 5. The maximum atomic E-state index is 12.8. The molecule has 1 aromatic heterocycles. The van der Waals surface area contributed by atoms with Crippen molar-refractivity contribution in [2.75, 3.05) is 11.2 Å². The summed E-state index contributed by atoms with van der Waals surface area (Å²) in [7, 11) is -1.24. The van der Waals surface area contributed by atoms with Crippen LogP contribution >= 0.6 is 15.9 Å². The van der Waals surface area contributed by atoms with Gasteiger partial charge in [-0.2, -0.15) is 5.26 Å². The zero-order valence-electron chi connectivity index (χ0n) is 14.1. The molecule has 8 heteroatoms. The topological polar surface area (TPSA) is 87.8 Å². The molecule has 3 aromatic rings. The second-order valence-corrected chi connectivity index (χ2v) is 8.17. The van der Waals surface area contributed by atoms with Gasteiger partial charge in [-0.25, -0.2) is 9.66 Å². The molecule has 1 unspecified atom stereocenters. The summed E-state index contributed by atoms with van der Waals surface area (Å²) in [6, 6.07) is 10.4. The van der Waals surface area contributed by atoms with Crippen LogP contribution in [-0.2, 0) is 10.8 Å². The van der Waals surface area contributed by atoms with Gasteiger partial charge in [-0.1, -0.05) is 22.9 Å². The molecule has 0 saturated heterocycles. The maximum absolute atomic E-state index is 12.8. The monoisotopic (exact) mass is 430 g/mol. The summed E-state index contributed by atoms with van der Waals surface area (Å²) >= 11 is 3.43. The highest BCUT2D eigenvalue weighted by atomic mass is 79.9. The van der Waals surface area contributed by atoms with E-state index in [4.69, 9.17) is 5.26 Å². The highest BCUT2D eigenvalue weighted by Gasteiger charge is 2.12. The Morgan fingerprint density at radius 2 is 2.12 bits per heavy atom. The summed E-state index contributed by atoms with van der Waals surface area (Å²) in [6.07, 6.45) is 1.38. The van der Waals surface area contributed by atoms with Gasteiger partial charge in [0, 0.05) is 10.2 Å². The lowest BCUT2D eigenvalue weighted by Crippen LogP contribution is -2.27. The predicted molar refractivity (Wildman–Crippen MR) is 106 cm³/mol. The molecule has 1 N–H and O–H groups in total. The van der Waals surface area contributed by atoms with Crippen molar-refractivity contribution < 1.29 is 4.21 Å². The lowest BCUT2D eigenvalue weighted by atomic mass is 10.2. The van der Waals surface area contributed by atoms with E-state index in [2.05, 4.69) is 26.3 Å². The summed E-state index contributed by atoms with van der Waals surface area (Å²) in [5.74, 6) is 0.428. The van der Waals surface area contributed by atoms with Crippen molar-refractivity contribution in [1.29, 1.82) is 5.26 Å². The van der Waals surface area contributed by atoms with Gasteiger partial charge in [0.1, 0.15) is 6.33 Å². The number of nitriles is 1. The number of anilines is 1. The molecular formula is C18H15BrN4O2S. The zero-order valence-corrected chi connectivity index (χ0v) is 16.5. The quantitative estimate of drug-likeness (QED) is 0.685. The molecule has 132 valence electrons. The minimum Gasteiger partial charge on any atom is -0.289 e. The highest BCUT2D eigenvalue weighted by Crippen LogP contribution is 2.23. The van der Waals surface area contributed by atoms with Crippen LogP contribution < -0.4 is 11.0 Å². The van der Waals surface area contributed by atoms with Crippen LogP contribution in [0.4, 0.5) is 5.69 Å². The van der Waals surface area contributed by atoms with Crippen molar-refractivity contribution in [2.45, 2.75) is 18.7 Å². The number of halogens is 1. The van der Waals surface area contributed by atoms with Crippen LogP contribution in [0, 0.1) is 18.3 Å². The van der Waals surface area contributed by atoms with E-state index in [1.54, 1.807) is 24.3 Å². The van der Waals surface area contributed by atoms with E-state index in [1.165, 1.54) is 11.0 Å². The van der Waals surface area contributed by atoms with E-state index >= 15 is 0 Å². The molecule has 0 aliphatic rings. The van der Waals surface area contributed by atoms with Crippen molar-refractivity contribution in [3.63, 3.8) is 0 Å². The Labute approximate surface area is 161 Å². The normalized spacial score (nSPS) is 11.9. The number of hydrogen-bond donors (Lipinski definition) is 1. The smallest absolute Gasteiger partial charge is 0.280 e. The van der Waals surface area contributed by atoms with Gasteiger partial charge in [0.05, 0.1) is 43.9 Å². The summed E-state index contributed by atoms with van der Waals surface area (Å²) < 4.78 is 14.3. The molecule has 26 heavy (non-hydrogen) atoms. The molecule has 0 bridgehead atoms. The van der Waals surface area contributed by atoms with Crippen LogP contribution in [0.15, 0.2) is 50.8 Å². The Morgan fingerprint density at radius 3 is 2.81 bits per heavy atom. The van der Waals surface area contributed by atoms with Crippen LogP contribution in [-0.4, -0.2) is 19.6 Å². The number of rotatable bonds is 4. The first-order valence-electron chi connectivity index (χ1n) is 7.81. The number of aromatic nitrogens is 2. The molecule has 1 heterocycles. The fourth-order valence-corrected chi connectivity index (χ4v) is 3.72. The Bertz CT molecular complexity index is 1130. The van der Waals surface area contributed by atoms with Crippen LogP contribution in [0.3, 0.4) is 0 Å². The summed E-state index contributed by atoms with van der Waals surface area (Å²) in [4.78, 5) is 17.6. The Kier molecular flexibility index (Phi) is 5.20. The first kappa shape index (κ1) is 18.3. The largest absolute Gasteiger partial charge is 0.289 e. The average Bonchev–Trinajstić information content (AvgIpc) is 2.65. The van der Waals surface area contributed by atoms with E-state index in [-0.39, 0.29) is 5.56 Å². The van der Waals surface area contributed by atoms with E-state index in [9.17, 15) is 9.00 Å². The standard InChI is InChI=1S/C18H15BrN4O2S/c1-3-26(25)17-5-4-12(9-20)7-16(17)22-23-10-21-15-6-11(2)14(19)8-13(15)18(23)24/h4-8,10,22H,3H2,1-2H3. The van der Waals surface area contributed by atoms with E-state index in [0.29, 0.717) is 32.8 Å². The molecule has 0 amide bonds. The third kappa shape index (κ3) is 3.41. The third-order valence-corrected chi connectivity index (χ3v) is 6.12. The van der Waals surface area contributed by atoms with Crippen molar-refractivity contribution >= 4 is 43.3 Å². The molecule has 1 atom stereocenters. The van der Waals surface area contributed by atoms with Gasteiger partial charge >= 0.3 is 0 Å². The minimum atomic E-state index is -1.24. The van der Waals surface area contributed by atoms with E-state index in [1.807, 2.05) is 26.0 Å². The second kappa shape index (κ2) is 7.40. The van der Waals surface area contributed by atoms with E-state index < -0.39 is 10.8 Å². The molecule has 6 nitrogen and oxygen atoms in total. The average molecular weight is 431 g/mol. The molecular weight excluding hydrogens is 416 g/mol. The van der Waals surface area contributed by atoms with Gasteiger partial charge in [-0.05, 0) is 42.8 Å². The summed E-state index contributed by atoms with van der Waals surface area (Å²) in [5.41, 5.74) is 5.08. The first-order chi connectivity index (χ1) is 12.4. The van der Waals surface area contributed by atoms with Gasteiger partial charge in [-0.3, -0.25) is 14.4 Å². The number of fused-ring (bicyclic) bond motifs is 1. The SMILES string of the molecule is CCS(=O)c1ccc(C#N)cc1Nn1cnc2cc(C)c(Br)cc2c1=O. The zero-order chi connectivity index (χ0) is 18.8. The van der Waals surface area contributed by atoms with Gasteiger partial charge in [0.25, 0.3) is 5.56 Å². The molecule has 2 aromatic carbocycles. The number of benzene rings is 2. The van der Waals surface area contributed by atoms with Gasteiger partial charge in [0.2, 0.25) is 0 Å². The fraction of sp³-hybridized carbons (Fsp3) is 0.167. The number of nitrogens with one attached hydrogen (secondary N) is 1. The van der Waals surface area contributed by atoms with Crippen molar-refractivity contribution in [3.05, 3.63) is 62.6 Å². The highest BCUT2D eigenvalue weighted by molar-refractivity contribution is 9.10. The van der Waals surface area contributed by atoms with Crippen LogP contribution in [0.1, 0.15) is 18.1 Å². The number of aryl methyl sites for hydroxylation is 1. The Balaban J connectivity index is 2.13. The molecule has 0 saturated carbocycles. The van der Waals surface area contributed by atoms with Crippen molar-refractivity contribution in [3.8, 4) is 6.07 Å². The molecule has 0 fully saturated rings. The summed E-state index contributed by atoms with van der Waals surface area (Å²) in [6.45, 7) is 3.73. The van der Waals surface area contributed by atoms with Crippen LogP contribution in [0.25, 0.3) is 10.9 Å². The van der Waals surface area contributed by atoms with Crippen molar-refractivity contribution in [1.82, 2.24) is 9.66 Å². The number of nitrogens with zero attached hydrogens (tertiary/aromatic N) is 3. The lowest BCUT2D eigenvalue weighted by Gasteiger charge is -2.14. The maximum Gasteiger partial charge on any atom is 0.280 e. The van der Waals surface area contributed by atoms with E-state index in [0.717, 1.165) is 10.0 Å². The third-order valence-electron chi connectivity index (χ3n) is 3.90. The van der Waals surface area contributed by atoms with Gasteiger partial charge in [-0.15, -0.1) is 0 Å². The lowest BCUT2D eigenvalue weighted by molar-refractivity contribution is 0.683. The van der Waals surface area contributed by atoms with Gasteiger partial charge in [0.15, 0.2) is 0 Å². The van der Waals surface area contributed by atoms with Crippen LogP contribution in [0.2, 0.25) is 0 Å². The Hall–Kier alpha value is -2.50. The predicted octanol–water partition coefficient (Wildman–Crippen LogP) is 3.34. The molecule has 0 radical (unpaired) electrons. The van der Waals surface area contributed by atoms with Crippen molar-refractivity contribution in [2.24, 2.45) is 0 Å². The Morgan fingerprint density at radius 1 is 1.35 bits per heavy atom. The molecule has 0 spiro atoms. The molecule has 3 rings (SSSR count). The fourth-order valence-electron chi connectivity index (χ4n) is 2.50. The first-order valence-corrected chi connectivity index (χ1v) is 9.93. The molecule has 0 aliphatic carbocycles. The molecule has 0 aliphatic heterocycles. The minimum absolute atomic E-state index is 0.286. The second-order valence-electron chi connectivity index (χ2n) is 5.61. The summed E-state index contributed by atoms with van der Waals surface area (Å²) in [5, 5.41) is 9.58. The van der Waals surface area contributed by atoms with Gasteiger partial charge < -0.3 is 0 Å². The van der Waals surface area contributed by atoms with Crippen LogP contribution in [0.5, 0.6) is 0 Å².